The van der Waals surface area contributed by atoms with Crippen LogP contribution in [0.25, 0.3) is 16.9 Å². The van der Waals surface area contributed by atoms with Crippen LogP contribution in [0.1, 0.15) is 33.6 Å². The van der Waals surface area contributed by atoms with Crippen LogP contribution in [0.15, 0.2) is 54.7 Å². The summed E-state index contributed by atoms with van der Waals surface area (Å²) in [4.78, 5) is 32.6. The first-order valence-electron chi connectivity index (χ1n) is 13.0. The van der Waals surface area contributed by atoms with Gasteiger partial charge >= 0.3 is 6.03 Å². The van der Waals surface area contributed by atoms with Crippen molar-refractivity contribution >= 4 is 17.9 Å². The summed E-state index contributed by atoms with van der Waals surface area (Å²) < 4.78 is 18.1. The summed E-state index contributed by atoms with van der Waals surface area (Å²) in [5, 5.41) is 5.87. The topological polar surface area (TPSA) is 107 Å². The molecule has 1 aliphatic rings. The minimum absolute atomic E-state index is 0.0912. The fraction of sp³-hybridized carbons (Fsp3) is 0.414. The number of ether oxygens (including phenoxy) is 3. The van der Waals surface area contributed by atoms with Crippen molar-refractivity contribution in [1.82, 2.24) is 19.8 Å². The minimum Gasteiger partial charge on any atom is -0.497 e. The molecule has 3 aromatic rings. The summed E-state index contributed by atoms with van der Waals surface area (Å²) in [7, 11) is 3.22. The lowest BCUT2D eigenvalue weighted by atomic mass is 10.1. The summed E-state index contributed by atoms with van der Waals surface area (Å²) in [6, 6.07) is 14.7. The first-order valence-corrected chi connectivity index (χ1v) is 13.0. The van der Waals surface area contributed by atoms with E-state index in [4.69, 9.17) is 19.2 Å². The van der Waals surface area contributed by atoms with Crippen molar-refractivity contribution in [2.75, 3.05) is 39.2 Å². The number of benzene rings is 2. The van der Waals surface area contributed by atoms with Crippen LogP contribution in [0.4, 0.5) is 10.7 Å². The number of carbonyl (C=O) groups is 2. The fourth-order valence-electron chi connectivity index (χ4n) is 4.30. The number of hydrogen-bond donors (Lipinski definition) is 2. The third kappa shape index (κ3) is 7.51. The number of rotatable bonds is 9. The summed E-state index contributed by atoms with van der Waals surface area (Å²) in [5.74, 6) is 1.43. The first kappa shape index (κ1) is 28.0. The van der Waals surface area contributed by atoms with Crippen LogP contribution < -0.4 is 20.1 Å². The predicted molar refractivity (Wildman–Crippen MR) is 150 cm³/mol. The van der Waals surface area contributed by atoms with E-state index >= 15 is 0 Å². The number of imidazole rings is 1. The van der Waals surface area contributed by atoms with E-state index in [9.17, 15) is 9.59 Å². The maximum Gasteiger partial charge on any atom is 0.318 e. The Kier molecular flexibility index (Phi) is 8.75. The van der Waals surface area contributed by atoms with Gasteiger partial charge in [0.2, 0.25) is 11.9 Å². The average Bonchev–Trinajstić information content (AvgIpc) is 3.57. The molecule has 1 aromatic heterocycles. The molecule has 0 saturated carbocycles. The van der Waals surface area contributed by atoms with Crippen molar-refractivity contribution in [3.05, 3.63) is 54.7 Å². The van der Waals surface area contributed by atoms with Crippen molar-refractivity contribution in [2.24, 2.45) is 0 Å². The van der Waals surface area contributed by atoms with Gasteiger partial charge in [-0.3, -0.25) is 14.7 Å². The standard InChI is InChI=1S/C29H37N5O5/c1-29(2,3)32-28(36)33(17-24-7-6-16-39-24)19-26(35)31-27-30-25(20-8-12-22(37-4)13-9-20)18-34(27)21-10-14-23(38-5)15-11-21/h8-15,18,24H,6-7,16-17,19H2,1-5H3,(H,32,36)(H,30,31,35). The van der Waals surface area contributed by atoms with Gasteiger partial charge in [0.05, 0.1) is 26.0 Å². The molecular weight excluding hydrogens is 498 g/mol. The first-order chi connectivity index (χ1) is 18.6. The Morgan fingerprint density at radius 1 is 1.05 bits per heavy atom. The molecule has 0 spiro atoms. The van der Waals surface area contributed by atoms with E-state index < -0.39 is 5.54 Å². The molecule has 1 fully saturated rings. The Hall–Kier alpha value is -4.05. The fourth-order valence-corrected chi connectivity index (χ4v) is 4.30. The smallest absolute Gasteiger partial charge is 0.318 e. The summed E-state index contributed by atoms with van der Waals surface area (Å²) in [6.45, 7) is 6.57. The Balaban J connectivity index is 1.59. The lowest BCUT2D eigenvalue weighted by Gasteiger charge is -2.29. The number of nitrogens with one attached hydrogen (secondary N) is 2. The number of urea groups is 1. The van der Waals surface area contributed by atoms with Crippen LogP contribution in [-0.4, -0.2) is 71.9 Å². The zero-order chi connectivity index (χ0) is 28.0. The molecule has 0 radical (unpaired) electrons. The van der Waals surface area contributed by atoms with Crippen molar-refractivity contribution in [3.8, 4) is 28.4 Å². The molecule has 39 heavy (non-hydrogen) atoms. The Bertz CT molecular complexity index is 1260. The molecule has 1 aliphatic heterocycles. The number of methoxy groups -OCH3 is 2. The molecule has 1 atom stereocenters. The molecule has 1 unspecified atom stereocenters. The molecule has 0 bridgehead atoms. The molecule has 10 nitrogen and oxygen atoms in total. The third-order valence-corrected chi connectivity index (χ3v) is 6.25. The van der Waals surface area contributed by atoms with Gasteiger partial charge in [0, 0.05) is 36.1 Å². The van der Waals surface area contributed by atoms with Gasteiger partial charge in [0.1, 0.15) is 18.0 Å². The highest BCUT2D eigenvalue weighted by Crippen LogP contribution is 2.27. The van der Waals surface area contributed by atoms with Crippen LogP contribution in [0.2, 0.25) is 0 Å². The molecule has 2 N–H and O–H groups in total. The van der Waals surface area contributed by atoms with Gasteiger partial charge in [-0.25, -0.2) is 9.78 Å². The third-order valence-electron chi connectivity index (χ3n) is 6.25. The summed E-state index contributed by atoms with van der Waals surface area (Å²) in [5.41, 5.74) is 1.88. The Labute approximate surface area is 229 Å². The largest absolute Gasteiger partial charge is 0.497 e. The SMILES string of the molecule is COc1ccc(-c2cn(-c3ccc(OC)cc3)c(NC(=O)CN(CC3CCCO3)C(=O)NC(C)(C)C)n2)cc1. The van der Waals surface area contributed by atoms with E-state index in [1.807, 2.05) is 75.5 Å². The van der Waals surface area contributed by atoms with Gasteiger partial charge in [-0.2, -0.15) is 0 Å². The molecule has 4 rings (SSSR count). The van der Waals surface area contributed by atoms with Crippen LogP contribution in [0, 0.1) is 0 Å². The van der Waals surface area contributed by atoms with Crippen LogP contribution in [0.3, 0.4) is 0 Å². The van der Waals surface area contributed by atoms with Crippen molar-refractivity contribution in [2.45, 2.75) is 45.3 Å². The zero-order valence-corrected chi connectivity index (χ0v) is 23.2. The van der Waals surface area contributed by atoms with Crippen LogP contribution in [0.5, 0.6) is 11.5 Å². The molecule has 2 heterocycles. The monoisotopic (exact) mass is 535 g/mol. The number of anilines is 1. The number of carbonyl (C=O) groups excluding carboxylic acids is 2. The van der Waals surface area contributed by atoms with Crippen LogP contribution in [-0.2, 0) is 9.53 Å². The lowest BCUT2D eigenvalue weighted by Crippen LogP contribution is -2.52. The van der Waals surface area contributed by atoms with E-state index in [0.717, 1.165) is 35.6 Å². The molecule has 1 saturated heterocycles. The second kappa shape index (κ2) is 12.2. The van der Waals surface area contributed by atoms with Gasteiger partial charge in [0.25, 0.3) is 0 Å². The number of amides is 3. The molecular formula is C29H37N5O5. The number of hydrogen-bond acceptors (Lipinski definition) is 6. The van der Waals surface area contributed by atoms with Crippen LogP contribution >= 0.6 is 0 Å². The maximum atomic E-state index is 13.3. The van der Waals surface area contributed by atoms with Gasteiger partial charge in [-0.15, -0.1) is 0 Å². The predicted octanol–water partition coefficient (Wildman–Crippen LogP) is 4.48. The highest BCUT2D eigenvalue weighted by molar-refractivity contribution is 5.93. The van der Waals surface area contributed by atoms with Crippen molar-refractivity contribution in [1.29, 1.82) is 0 Å². The van der Waals surface area contributed by atoms with E-state index in [1.165, 1.54) is 4.90 Å². The second-order valence-corrected chi connectivity index (χ2v) is 10.5. The second-order valence-electron chi connectivity index (χ2n) is 10.5. The summed E-state index contributed by atoms with van der Waals surface area (Å²) >= 11 is 0. The number of nitrogens with zero attached hydrogens (tertiary/aromatic N) is 3. The zero-order valence-electron chi connectivity index (χ0n) is 23.2. The van der Waals surface area contributed by atoms with Gasteiger partial charge < -0.3 is 24.4 Å². The molecule has 10 heteroatoms. The summed E-state index contributed by atoms with van der Waals surface area (Å²) in [6.07, 6.45) is 3.56. The van der Waals surface area contributed by atoms with Gasteiger partial charge in [-0.05, 0) is 82.1 Å². The van der Waals surface area contributed by atoms with Gasteiger partial charge in [-0.1, -0.05) is 0 Å². The Morgan fingerprint density at radius 3 is 2.26 bits per heavy atom. The van der Waals surface area contributed by atoms with E-state index in [0.29, 0.717) is 24.8 Å². The molecule has 208 valence electrons. The van der Waals surface area contributed by atoms with E-state index in [1.54, 1.807) is 18.8 Å². The quantitative estimate of drug-likeness (QED) is 0.418. The Morgan fingerprint density at radius 2 is 1.69 bits per heavy atom. The van der Waals surface area contributed by atoms with Gasteiger partial charge in [0.15, 0.2) is 0 Å². The highest BCUT2D eigenvalue weighted by atomic mass is 16.5. The minimum atomic E-state index is -0.444. The molecule has 0 aliphatic carbocycles. The average molecular weight is 536 g/mol. The number of aromatic nitrogens is 2. The van der Waals surface area contributed by atoms with Crippen molar-refractivity contribution < 1.29 is 23.8 Å². The van der Waals surface area contributed by atoms with E-state index in [-0.39, 0.29) is 24.6 Å². The molecule has 2 aromatic carbocycles. The highest BCUT2D eigenvalue weighted by Gasteiger charge is 2.27. The molecule has 3 amide bonds. The van der Waals surface area contributed by atoms with Crippen molar-refractivity contribution in [3.63, 3.8) is 0 Å². The lowest BCUT2D eigenvalue weighted by molar-refractivity contribution is -0.117. The van der Waals surface area contributed by atoms with E-state index in [2.05, 4.69) is 10.6 Å². The normalized spacial score (nSPS) is 15.1. The maximum absolute atomic E-state index is 13.3.